The van der Waals surface area contributed by atoms with Crippen LogP contribution in [0.25, 0.3) is 0 Å². The number of nitrogens with two attached hydrogens (primary N) is 1. The Morgan fingerprint density at radius 2 is 2.00 bits per heavy atom. The van der Waals surface area contributed by atoms with Gasteiger partial charge in [0.05, 0.1) is 18.5 Å². The number of methoxy groups -OCH3 is 1. The summed E-state index contributed by atoms with van der Waals surface area (Å²) in [6, 6.07) is 2.83. The number of halogens is 1. The van der Waals surface area contributed by atoms with Gasteiger partial charge in [0.25, 0.3) is 0 Å². The fourth-order valence-corrected chi connectivity index (χ4v) is 1.62. The highest BCUT2D eigenvalue weighted by Crippen LogP contribution is 2.27. The molecule has 0 amide bonds. The third kappa shape index (κ3) is 5.34. The van der Waals surface area contributed by atoms with Crippen LogP contribution >= 0.6 is 0 Å². The Morgan fingerprint density at radius 3 is 2.68 bits per heavy atom. The van der Waals surface area contributed by atoms with E-state index in [1.165, 1.54) is 13.2 Å². The molecule has 0 atom stereocenters. The van der Waals surface area contributed by atoms with E-state index in [2.05, 4.69) is 12.2 Å². The van der Waals surface area contributed by atoms with E-state index in [1.54, 1.807) is 6.07 Å². The second kappa shape index (κ2) is 8.58. The van der Waals surface area contributed by atoms with E-state index in [1.807, 2.05) is 0 Å². The predicted octanol–water partition coefficient (Wildman–Crippen LogP) is 3.04. The Kier molecular flexibility index (Phi) is 7.03. The van der Waals surface area contributed by atoms with Crippen molar-refractivity contribution in [2.24, 2.45) is 0 Å². The number of anilines is 2. The molecule has 0 radical (unpaired) electrons. The highest BCUT2D eigenvalue weighted by atomic mass is 19.1. The average Bonchev–Trinajstić information content (AvgIpc) is 2.40. The monoisotopic (exact) mass is 270 g/mol. The van der Waals surface area contributed by atoms with Gasteiger partial charge in [0, 0.05) is 31.9 Å². The summed E-state index contributed by atoms with van der Waals surface area (Å²) in [6.07, 6.45) is 3.11. The fraction of sp³-hybridized carbons (Fsp3) is 0.571. The Morgan fingerprint density at radius 1 is 1.26 bits per heavy atom. The van der Waals surface area contributed by atoms with Gasteiger partial charge in [0.1, 0.15) is 0 Å². The summed E-state index contributed by atoms with van der Waals surface area (Å²) in [5, 5.41) is 3.15. The summed E-state index contributed by atoms with van der Waals surface area (Å²) >= 11 is 0. The van der Waals surface area contributed by atoms with Crippen molar-refractivity contribution >= 4 is 11.4 Å². The number of hydrogen-bond donors (Lipinski definition) is 2. The lowest BCUT2D eigenvalue weighted by atomic mass is 10.2. The Bertz CT molecular complexity index is 386. The fourth-order valence-electron chi connectivity index (χ4n) is 1.62. The molecule has 1 aromatic carbocycles. The van der Waals surface area contributed by atoms with Gasteiger partial charge >= 0.3 is 0 Å². The highest BCUT2D eigenvalue weighted by molar-refractivity contribution is 5.68. The molecule has 0 heterocycles. The van der Waals surface area contributed by atoms with Crippen molar-refractivity contribution in [2.45, 2.75) is 26.2 Å². The van der Waals surface area contributed by atoms with Crippen molar-refractivity contribution in [3.63, 3.8) is 0 Å². The van der Waals surface area contributed by atoms with Crippen molar-refractivity contribution in [3.05, 3.63) is 17.9 Å². The zero-order chi connectivity index (χ0) is 14.1. The summed E-state index contributed by atoms with van der Waals surface area (Å²) in [5.41, 5.74) is 6.80. The van der Waals surface area contributed by atoms with Crippen LogP contribution in [0.15, 0.2) is 12.1 Å². The molecule has 0 aliphatic heterocycles. The van der Waals surface area contributed by atoms with E-state index >= 15 is 0 Å². The molecule has 0 fully saturated rings. The molecule has 0 spiro atoms. The van der Waals surface area contributed by atoms with Crippen LogP contribution in [0.2, 0.25) is 0 Å². The molecule has 0 saturated heterocycles. The SMILES string of the molecule is CCCCOCCCNc1cc(OC)c(F)cc1N. The third-order valence-electron chi connectivity index (χ3n) is 2.75. The maximum absolute atomic E-state index is 13.3. The molecule has 108 valence electrons. The van der Waals surface area contributed by atoms with Gasteiger partial charge in [-0.3, -0.25) is 0 Å². The van der Waals surface area contributed by atoms with Crippen LogP contribution in [-0.4, -0.2) is 26.9 Å². The molecule has 19 heavy (non-hydrogen) atoms. The number of nitrogen functional groups attached to an aromatic ring is 1. The number of benzene rings is 1. The molecule has 0 aliphatic carbocycles. The summed E-state index contributed by atoms with van der Waals surface area (Å²) in [6.45, 7) is 4.38. The van der Waals surface area contributed by atoms with Crippen LogP contribution in [0.1, 0.15) is 26.2 Å². The van der Waals surface area contributed by atoms with Gasteiger partial charge in [0.15, 0.2) is 11.6 Å². The number of ether oxygens (including phenoxy) is 2. The van der Waals surface area contributed by atoms with Gasteiger partial charge < -0.3 is 20.5 Å². The van der Waals surface area contributed by atoms with Gasteiger partial charge in [-0.05, 0) is 12.8 Å². The number of rotatable bonds is 9. The topological polar surface area (TPSA) is 56.5 Å². The lowest BCUT2D eigenvalue weighted by molar-refractivity contribution is 0.131. The molecular formula is C14H23FN2O2. The average molecular weight is 270 g/mol. The Labute approximate surface area is 114 Å². The van der Waals surface area contributed by atoms with E-state index in [4.69, 9.17) is 15.2 Å². The van der Waals surface area contributed by atoms with Crippen molar-refractivity contribution in [1.29, 1.82) is 0 Å². The van der Waals surface area contributed by atoms with Crippen molar-refractivity contribution < 1.29 is 13.9 Å². The van der Waals surface area contributed by atoms with Crippen LogP contribution in [0, 0.1) is 5.82 Å². The van der Waals surface area contributed by atoms with E-state index in [0.29, 0.717) is 18.0 Å². The zero-order valence-corrected chi connectivity index (χ0v) is 11.7. The standard InChI is InChI=1S/C14H23FN2O2/c1-3-4-7-19-8-5-6-17-13-10-14(18-2)11(15)9-12(13)16/h9-10,17H,3-8,16H2,1-2H3. The second-order valence-corrected chi connectivity index (χ2v) is 4.32. The van der Waals surface area contributed by atoms with Crippen molar-refractivity contribution in [2.75, 3.05) is 37.9 Å². The number of hydrogen-bond acceptors (Lipinski definition) is 4. The normalized spacial score (nSPS) is 10.5. The highest BCUT2D eigenvalue weighted by Gasteiger charge is 2.07. The van der Waals surface area contributed by atoms with E-state index in [9.17, 15) is 4.39 Å². The number of unbranched alkanes of at least 4 members (excludes halogenated alkanes) is 1. The molecule has 0 saturated carbocycles. The molecule has 1 aromatic rings. The molecule has 0 aromatic heterocycles. The lowest BCUT2D eigenvalue weighted by Crippen LogP contribution is -2.08. The largest absolute Gasteiger partial charge is 0.494 e. The first-order valence-electron chi connectivity index (χ1n) is 6.63. The first-order chi connectivity index (χ1) is 9.19. The first-order valence-corrected chi connectivity index (χ1v) is 6.63. The maximum atomic E-state index is 13.3. The van der Waals surface area contributed by atoms with Crippen LogP contribution in [0.3, 0.4) is 0 Å². The molecule has 4 nitrogen and oxygen atoms in total. The first kappa shape index (κ1) is 15.6. The predicted molar refractivity (Wildman–Crippen MR) is 76.2 cm³/mol. The van der Waals surface area contributed by atoms with Crippen LogP contribution in [0.5, 0.6) is 5.75 Å². The van der Waals surface area contributed by atoms with Gasteiger partial charge in [-0.1, -0.05) is 13.3 Å². The zero-order valence-electron chi connectivity index (χ0n) is 11.7. The minimum absolute atomic E-state index is 0.191. The van der Waals surface area contributed by atoms with E-state index in [-0.39, 0.29) is 5.75 Å². The van der Waals surface area contributed by atoms with Gasteiger partial charge in [-0.2, -0.15) is 0 Å². The molecule has 0 aliphatic rings. The summed E-state index contributed by atoms with van der Waals surface area (Å²) in [5.74, 6) is -0.260. The van der Waals surface area contributed by atoms with Crippen LogP contribution < -0.4 is 15.8 Å². The van der Waals surface area contributed by atoms with Crippen LogP contribution in [-0.2, 0) is 4.74 Å². The quantitative estimate of drug-likeness (QED) is 0.535. The van der Waals surface area contributed by atoms with Gasteiger partial charge in [-0.15, -0.1) is 0 Å². The molecule has 0 unspecified atom stereocenters. The lowest BCUT2D eigenvalue weighted by Gasteiger charge is -2.11. The van der Waals surface area contributed by atoms with Gasteiger partial charge in [-0.25, -0.2) is 4.39 Å². The summed E-state index contributed by atoms with van der Waals surface area (Å²) < 4.78 is 23.7. The van der Waals surface area contributed by atoms with Crippen molar-refractivity contribution in [1.82, 2.24) is 0 Å². The summed E-state index contributed by atoms with van der Waals surface area (Å²) in [4.78, 5) is 0. The minimum Gasteiger partial charge on any atom is -0.494 e. The van der Waals surface area contributed by atoms with Gasteiger partial charge in [0.2, 0.25) is 0 Å². The molecule has 1 rings (SSSR count). The van der Waals surface area contributed by atoms with Crippen molar-refractivity contribution in [3.8, 4) is 5.75 Å². The Hall–Kier alpha value is -1.49. The smallest absolute Gasteiger partial charge is 0.167 e. The third-order valence-corrected chi connectivity index (χ3v) is 2.75. The minimum atomic E-state index is -0.451. The van der Waals surface area contributed by atoms with Crippen LogP contribution in [0.4, 0.5) is 15.8 Å². The van der Waals surface area contributed by atoms with E-state index in [0.717, 1.165) is 32.4 Å². The molecule has 5 heteroatoms. The molecule has 3 N–H and O–H groups in total. The van der Waals surface area contributed by atoms with E-state index < -0.39 is 5.82 Å². The molecule has 0 bridgehead atoms. The Balaban J connectivity index is 2.33. The number of nitrogens with one attached hydrogen (secondary N) is 1. The molecular weight excluding hydrogens is 247 g/mol. The maximum Gasteiger partial charge on any atom is 0.167 e. The summed E-state index contributed by atoms with van der Waals surface area (Å²) in [7, 11) is 1.43. The second-order valence-electron chi connectivity index (χ2n) is 4.32.